The largest absolute Gasteiger partial charge is 0.491 e. The normalized spacial score (nSPS) is 12.7. The van der Waals surface area contributed by atoms with Crippen LogP contribution in [0.3, 0.4) is 0 Å². The second-order valence-corrected chi connectivity index (χ2v) is 5.43. The van der Waals surface area contributed by atoms with Gasteiger partial charge in [0.1, 0.15) is 5.75 Å². The summed E-state index contributed by atoms with van der Waals surface area (Å²) in [5.41, 5.74) is 1.33. The molecule has 1 unspecified atom stereocenters. The molecule has 0 fully saturated rings. The summed E-state index contributed by atoms with van der Waals surface area (Å²) in [6, 6.07) is 8.92. The number of nitrogens with one attached hydrogen (secondary N) is 1. The zero-order valence-electron chi connectivity index (χ0n) is 12.9. The zero-order chi connectivity index (χ0) is 14.1. The molecule has 0 saturated heterocycles. The van der Waals surface area contributed by atoms with Crippen molar-refractivity contribution >= 4 is 0 Å². The molecular formula is C17H29NO. The first-order valence-electron chi connectivity index (χ1n) is 7.61. The molecule has 1 aromatic rings. The molecule has 0 aromatic heterocycles. The summed E-state index contributed by atoms with van der Waals surface area (Å²) in [4.78, 5) is 0. The minimum Gasteiger partial charge on any atom is -0.491 e. The van der Waals surface area contributed by atoms with E-state index in [2.05, 4.69) is 44.3 Å². The molecule has 0 spiro atoms. The van der Waals surface area contributed by atoms with E-state index < -0.39 is 0 Å². The van der Waals surface area contributed by atoms with Crippen molar-refractivity contribution < 1.29 is 4.74 Å². The Morgan fingerprint density at radius 1 is 1.16 bits per heavy atom. The Hall–Kier alpha value is -1.02. The summed E-state index contributed by atoms with van der Waals surface area (Å²) >= 11 is 0. The van der Waals surface area contributed by atoms with Crippen LogP contribution in [-0.2, 0) is 0 Å². The van der Waals surface area contributed by atoms with Gasteiger partial charge in [-0.3, -0.25) is 0 Å². The second kappa shape index (κ2) is 8.98. The van der Waals surface area contributed by atoms with E-state index in [-0.39, 0.29) is 6.10 Å². The highest BCUT2D eigenvalue weighted by Gasteiger charge is 2.10. The summed E-state index contributed by atoms with van der Waals surface area (Å²) in [6.07, 6.45) is 6.68. The third-order valence-corrected chi connectivity index (χ3v) is 3.33. The highest BCUT2D eigenvalue weighted by atomic mass is 16.5. The number of hydrogen-bond acceptors (Lipinski definition) is 2. The Labute approximate surface area is 118 Å². The number of ether oxygens (including phenoxy) is 1. The van der Waals surface area contributed by atoms with Crippen LogP contribution in [0.4, 0.5) is 0 Å². The number of hydrogen-bond donors (Lipinski definition) is 1. The molecule has 1 aromatic carbocycles. The predicted molar refractivity (Wildman–Crippen MR) is 82.8 cm³/mol. The van der Waals surface area contributed by atoms with Gasteiger partial charge in [-0.25, -0.2) is 0 Å². The number of rotatable bonds is 9. The lowest BCUT2D eigenvalue weighted by Gasteiger charge is -2.18. The van der Waals surface area contributed by atoms with Crippen LogP contribution < -0.4 is 10.1 Å². The summed E-state index contributed by atoms with van der Waals surface area (Å²) in [5, 5.41) is 3.42. The molecular weight excluding hydrogens is 234 g/mol. The molecule has 1 atom stereocenters. The van der Waals surface area contributed by atoms with Gasteiger partial charge in [-0.15, -0.1) is 0 Å². The van der Waals surface area contributed by atoms with Gasteiger partial charge in [-0.2, -0.15) is 0 Å². The van der Waals surface area contributed by atoms with Gasteiger partial charge >= 0.3 is 0 Å². The maximum Gasteiger partial charge on any atom is 0.120 e. The Bertz CT molecular complexity index is 349. The first-order valence-corrected chi connectivity index (χ1v) is 7.61. The molecule has 0 amide bonds. The van der Waals surface area contributed by atoms with Crippen LogP contribution in [0.5, 0.6) is 5.75 Å². The molecule has 0 aliphatic carbocycles. The van der Waals surface area contributed by atoms with E-state index in [1.54, 1.807) is 0 Å². The van der Waals surface area contributed by atoms with Crippen molar-refractivity contribution in [2.24, 2.45) is 0 Å². The predicted octanol–water partition coefficient (Wildman–Crippen LogP) is 4.70. The Kier molecular flexibility index (Phi) is 7.57. The Balaban J connectivity index is 2.59. The minimum absolute atomic E-state index is 0.229. The summed E-state index contributed by atoms with van der Waals surface area (Å²) in [7, 11) is 2.04. The van der Waals surface area contributed by atoms with E-state index in [1.807, 2.05) is 13.1 Å². The zero-order valence-corrected chi connectivity index (χ0v) is 12.9. The van der Waals surface area contributed by atoms with Crippen LogP contribution in [0.15, 0.2) is 24.3 Å². The summed E-state index contributed by atoms with van der Waals surface area (Å²) in [5.74, 6) is 0.973. The van der Waals surface area contributed by atoms with Crippen molar-refractivity contribution in [1.29, 1.82) is 0 Å². The van der Waals surface area contributed by atoms with Crippen molar-refractivity contribution in [3.05, 3.63) is 29.8 Å². The topological polar surface area (TPSA) is 21.3 Å². The van der Waals surface area contributed by atoms with E-state index in [0.717, 1.165) is 5.75 Å². The average Bonchev–Trinajstić information content (AvgIpc) is 2.38. The molecule has 19 heavy (non-hydrogen) atoms. The van der Waals surface area contributed by atoms with Crippen molar-refractivity contribution in [2.45, 2.75) is 65.0 Å². The van der Waals surface area contributed by atoms with Gasteiger partial charge in [0, 0.05) is 6.04 Å². The van der Waals surface area contributed by atoms with Crippen LogP contribution >= 0.6 is 0 Å². The molecule has 2 nitrogen and oxygen atoms in total. The molecule has 0 saturated carbocycles. The SMILES string of the molecule is CCCCCCC(NC)c1cccc(OC(C)C)c1. The van der Waals surface area contributed by atoms with Gasteiger partial charge in [-0.05, 0) is 45.0 Å². The second-order valence-electron chi connectivity index (χ2n) is 5.43. The van der Waals surface area contributed by atoms with Gasteiger partial charge < -0.3 is 10.1 Å². The minimum atomic E-state index is 0.229. The molecule has 1 N–H and O–H groups in total. The van der Waals surface area contributed by atoms with Crippen LogP contribution in [0.25, 0.3) is 0 Å². The number of unbranched alkanes of at least 4 members (excludes halogenated alkanes) is 3. The van der Waals surface area contributed by atoms with Gasteiger partial charge in [0.15, 0.2) is 0 Å². The highest BCUT2D eigenvalue weighted by molar-refractivity contribution is 5.30. The van der Waals surface area contributed by atoms with Gasteiger partial charge in [0.25, 0.3) is 0 Å². The highest BCUT2D eigenvalue weighted by Crippen LogP contribution is 2.24. The fourth-order valence-electron chi connectivity index (χ4n) is 2.33. The molecule has 108 valence electrons. The lowest BCUT2D eigenvalue weighted by atomic mass is 10.00. The first-order chi connectivity index (χ1) is 9.17. The van der Waals surface area contributed by atoms with Crippen LogP contribution in [0.1, 0.15) is 64.5 Å². The summed E-state index contributed by atoms with van der Waals surface area (Å²) in [6.45, 7) is 6.38. The maximum atomic E-state index is 5.76. The lowest BCUT2D eigenvalue weighted by molar-refractivity contribution is 0.242. The van der Waals surface area contributed by atoms with Crippen LogP contribution in [0.2, 0.25) is 0 Å². The summed E-state index contributed by atoms with van der Waals surface area (Å²) < 4.78 is 5.76. The maximum absolute atomic E-state index is 5.76. The van der Waals surface area contributed by atoms with Gasteiger partial charge in [-0.1, -0.05) is 44.7 Å². The van der Waals surface area contributed by atoms with E-state index in [0.29, 0.717) is 6.04 Å². The van der Waals surface area contributed by atoms with Crippen molar-refractivity contribution in [2.75, 3.05) is 7.05 Å². The fourth-order valence-corrected chi connectivity index (χ4v) is 2.33. The van der Waals surface area contributed by atoms with E-state index in [1.165, 1.54) is 37.7 Å². The lowest BCUT2D eigenvalue weighted by Crippen LogP contribution is -2.16. The molecule has 0 bridgehead atoms. The van der Waals surface area contributed by atoms with E-state index >= 15 is 0 Å². The van der Waals surface area contributed by atoms with Crippen LogP contribution in [0, 0.1) is 0 Å². The monoisotopic (exact) mass is 263 g/mol. The van der Waals surface area contributed by atoms with Crippen molar-refractivity contribution in [1.82, 2.24) is 5.32 Å². The smallest absolute Gasteiger partial charge is 0.120 e. The van der Waals surface area contributed by atoms with Crippen molar-refractivity contribution in [3.63, 3.8) is 0 Å². The van der Waals surface area contributed by atoms with Crippen LogP contribution in [-0.4, -0.2) is 13.2 Å². The molecule has 0 radical (unpaired) electrons. The first kappa shape index (κ1) is 16.0. The van der Waals surface area contributed by atoms with Gasteiger partial charge in [0.2, 0.25) is 0 Å². The third kappa shape index (κ3) is 6.11. The number of benzene rings is 1. The third-order valence-electron chi connectivity index (χ3n) is 3.33. The average molecular weight is 263 g/mol. The Morgan fingerprint density at radius 2 is 1.95 bits per heavy atom. The van der Waals surface area contributed by atoms with E-state index in [9.17, 15) is 0 Å². The molecule has 2 heteroatoms. The van der Waals surface area contributed by atoms with Crippen molar-refractivity contribution in [3.8, 4) is 5.75 Å². The standard InChI is InChI=1S/C17H29NO/c1-5-6-7-8-12-17(18-4)15-10-9-11-16(13-15)19-14(2)3/h9-11,13-14,17-18H,5-8,12H2,1-4H3. The molecule has 0 heterocycles. The van der Waals surface area contributed by atoms with E-state index in [4.69, 9.17) is 4.74 Å². The molecule has 0 aliphatic rings. The molecule has 1 rings (SSSR count). The fraction of sp³-hybridized carbons (Fsp3) is 0.647. The van der Waals surface area contributed by atoms with Gasteiger partial charge in [0.05, 0.1) is 6.10 Å². The Morgan fingerprint density at radius 3 is 2.58 bits per heavy atom. The molecule has 0 aliphatic heterocycles. The quantitative estimate of drug-likeness (QED) is 0.652.